The highest BCUT2D eigenvalue weighted by atomic mass is 16.5. The third-order valence-electron chi connectivity index (χ3n) is 3.35. The van der Waals surface area contributed by atoms with Gasteiger partial charge in [-0.1, -0.05) is 32.0 Å². The number of benzene rings is 1. The van der Waals surface area contributed by atoms with Gasteiger partial charge in [0.15, 0.2) is 6.61 Å². The maximum Gasteiger partial charge on any atom is 0.276 e. The summed E-state index contributed by atoms with van der Waals surface area (Å²) in [6.07, 6.45) is 3.38. The van der Waals surface area contributed by atoms with Crippen molar-refractivity contribution in [3.63, 3.8) is 0 Å². The number of pyridine rings is 1. The topological polar surface area (TPSA) is 80.3 Å². The fourth-order valence-electron chi connectivity index (χ4n) is 2.01. The first-order valence-electron chi connectivity index (χ1n) is 7.74. The van der Waals surface area contributed by atoms with Gasteiger partial charge in [-0.2, -0.15) is 0 Å². The average molecular weight is 327 g/mol. The molecule has 2 amide bonds. The molecule has 2 rings (SSSR count). The lowest BCUT2D eigenvalue weighted by Crippen LogP contribution is -2.44. The zero-order chi connectivity index (χ0) is 17.4. The zero-order valence-electron chi connectivity index (χ0n) is 13.8. The van der Waals surface area contributed by atoms with Gasteiger partial charge in [0.25, 0.3) is 5.91 Å². The van der Waals surface area contributed by atoms with E-state index in [0.717, 1.165) is 5.56 Å². The van der Waals surface area contributed by atoms with E-state index in [4.69, 9.17) is 4.74 Å². The maximum absolute atomic E-state index is 11.7. The molecule has 1 aromatic heterocycles. The second kappa shape index (κ2) is 8.67. The first-order valence-corrected chi connectivity index (χ1v) is 7.74. The number of nitrogens with zero attached hydrogens (tertiary/aromatic N) is 1. The Balaban J connectivity index is 1.70. The molecule has 24 heavy (non-hydrogen) atoms. The van der Waals surface area contributed by atoms with E-state index in [1.54, 1.807) is 24.5 Å². The van der Waals surface area contributed by atoms with E-state index in [9.17, 15) is 9.59 Å². The van der Waals surface area contributed by atoms with Gasteiger partial charge in [-0.15, -0.1) is 0 Å². The minimum Gasteiger partial charge on any atom is -0.484 e. The van der Waals surface area contributed by atoms with Crippen LogP contribution < -0.4 is 15.6 Å². The molecule has 6 nitrogen and oxygen atoms in total. The van der Waals surface area contributed by atoms with E-state index in [-0.39, 0.29) is 18.9 Å². The maximum atomic E-state index is 11.7. The quantitative estimate of drug-likeness (QED) is 0.795. The number of rotatable bonds is 6. The first-order chi connectivity index (χ1) is 11.5. The third kappa shape index (κ3) is 5.72. The average Bonchev–Trinajstić information content (AvgIpc) is 2.59. The number of aromatic nitrogens is 1. The van der Waals surface area contributed by atoms with Crippen LogP contribution in [-0.4, -0.2) is 23.4 Å². The first kappa shape index (κ1) is 17.5. The summed E-state index contributed by atoms with van der Waals surface area (Å²) < 4.78 is 5.38. The van der Waals surface area contributed by atoms with E-state index in [1.807, 2.05) is 24.3 Å². The highest BCUT2D eigenvalue weighted by Crippen LogP contribution is 2.18. The molecule has 6 heteroatoms. The molecule has 126 valence electrons. The van der Waals surface area contributed by atoms with Crippen LogP contribution in [0.3, 0.4) is 0 Å². The Morgan fingerprint density at radius 3 is 2.42 bits per heavy atom. The number of nitrogens with one attached hydrogen (secondary N) is 2. The molecule has 0 saturated heterocycles. The fraction of sp³-hybridized carbons (Fsp3) is 0.278. The van der Waals surface area contributed by atoms with Gasteiger partial charge in [0.1, 0.15) is 5.75 Å². The lowest BCUT2D eigenvalue weighted by Gasteiger charge is -2.10. The molecule has 0 bridgehead atoms. The summed E-state index contributed by atoms with van der Waals surface area (Å²) in [6.45, 7) is 4.04. The Morgan fingerprint density at radius 1 is 1.08 bits per heavy atom. The molecule has 0 aliphatic rings. The largest absolute Gasteiger partial charge is 0.484 e. The molecule has 2 N–H and O–H groups in total. The number of ether oxygens (including phenoxy) is 1. The lowest BCUT2D eigenvalue weighted by molar-refractivity contribution is -0.129. The Morgan fingerprint density at radius 2 is 1.79 bits per heavy atom. The fourth-order valence-corrected chi connectivity index (χ4v) is 2.01. The van der Waals surface area contributed by atoms with E-state index in [2.05, 4.69) is 29.7 Å². The van der Waals surface area contributed by atoms with Crippen LogP contribution in [0, 0.1) is 0 Å². The van der Waals surface area contributed by atoms with Crippen molar-refractivity contribution in [2.45, 2.75) is 26.2 Å². The smallest absolute Gasteiger partial charge is 0.276 e. The van der Waals surface area contributed by atoms with Gasteiger partial charge in [-0.25, -0.2) is 0 Å². The van der Waals surface area contributed by atoms with Crippen molar-refractivity contribution in [2.24, 2.45) is 0 Å². The van der Waals surface area contributed by atoms with Crippen LogP contribution in [-0.2, 0) is 16.0 Å². The highest BCUT2D eigenvalue weighted by molar-refractivity contribution is 5.83. The highest BCUT2D eigenvalue weighted by Gasteiger charge is 2.07. The standard InChI is InChI=1S/C18H21N3O3/c1-13(2)15-5-7-16(8-6-15)24-12-18(23)21-20-17(22)10-14-4-3-9-19-11-14/h3-9,11,13H,10,12H2,1-2H3,(H,20,22)(H,21,23). The summed E-state index contributed by atoms with van der Waals surface area (Å²) in [4.78, 5) is 27.3. The molecule has 0 atom stereocenters. The molecule has 0 aliphatic carbocycles. The van der Waals surface area contributed by atoms with Gasteiger partial charge in [0.05, 0.1) is 6.42 Å². The zero-order valence-corrected chi connectivity index (χ0v) is 13.8. The Bertz CT molecular complexity index is 670. The van der Waals surface area contributed by atoms with Crippen LogP contribution in [0.25, 0.3) is 0 Å². The van der Waals surface area contributed by atoms with E-state index >= 15 is 0 Å². The van der Waals surface area contributed by atoms with Crippen molar-refractivity contribution in [1.29, 1.82) is 0 Å². The van der Waals surface area contributed by atoms with E-state index in [1.165, 1.54) is 5.56 Å². The number of hydrazine groups is 1. The molecule has 0 radical (unpaired) electrons. The summed E-state index contributed by atoms with van der Waals surface area (Å²) in [5.41, 5.74) is 6.64. The molecule has 1 heterocycles. The second-order valence-corrected chi connectivity index (χ2v) is 5.65. The molecule has 0 fully saturated rings. The molecule has 0 saturated carbocycles. The normalized spacial score (nSPS) is 10.3. The number of amides is 2. The minimum absolute atomic E-state index is 0.144. The van der Waals surface area contributed by atoms with Crippen molar-refractivity contribution in [2.75, 3.05) is 6.61 Å². The van der Waals surface area contributed by atoms with Gasteiger partial charge in [0.2, 0.25) is 5.91 Å². The van der Waals surface area contributed by atoms with E-state index in [0.29, 0.717) is 11.7 Å². The van der Waals surface area contributed by atoms with Gasteiger partial charge >= 0.3 is 0 Å². The summed E-state index contributed by atoms with van der Waals surface area (Å²) in [5, 5.41) is 0. The Kier molecular flexibility index (Phi) is 6.31. The van der Waals surface area contributed by atoms with Crippen LogP contribution in [0.15, 0.2) is 48.8 Å². The van der Waals surface area contributed by atoms with Gasteiger partial charge in [-0.3, -0.25) is 25.4 Å². The number of carbonyl (C=O) groups is 2. The van der Waals surface area contributed by atoms with Crippen LogP contribution >= 0.6 is 0 Å². The second-order valence-electron chi connectivity index (χ2n) is 5.65. The van der Waals surface area contributed by atoms with Crippen molar-refractivity contribution in [3.05, 3.63) is 59.9 Å². The summed E-state index contributed by atoms with van der Waals surface area (Å²) >= 11 is 0. The summed E-state index contributed by atoms with van der Waals surface area (Å²) in [7, 11) is 0. The van der Waals surface area contributed by atoms with Crippen molar-refractivity contribution in [1.82, 2.24) is 15.8 Å². The Labute approximate surface area is 141 Å². The minimum atomic E-state index is -0.428. The molecular formula is C18H21N3O3. The predicted octanol–water partition coefficient (Wildman–Crippen LogP) is 1.97. The third-order valence-corrected chi connectivity index (χ3v) is 3.35. The van der Waals surface area contributed by atoms with Crippen molar-refractivity contribution >= 4 is 11.8 Å². The van der Waals surface area contributed by atoms with Crippen LogP contribution in [0.1, 0.15) is 30.9 Å². The molecule has 0 aliphatic heterocycles. The van der Waals surface area contributed by atoms with Crippen molar-refractivity contribution < 1.29 is 14.3 Å². The SMILES string of the molecule is CC(C)c1ccc(OCC(=O)NNC(=O)Cc2cccnc2)cc1. The summed E-state index contributed by atoms with van der Waals surface area (Å²) in [6, 6.07) is 11.1. The van der Waals surface area contributed by atoms with Crippen LogP contribution in [0.2, 0.25) is 0 Å². The molecule has 2 aromatic rings. The van der Waals surface area contributed by atoms with Gasteiger partial charge in [0, 0.05) is 12.4 Å². The lowest BCUT2D eigenvalue weighted by atomic mass is 10.0. The molecule has 1 aromatic carbocycles. The number of carbonyl (C=O) groups excluding carboxylic acids is 2. The van der Waals surface area contributed by atoms with E-state index < -0.39 is 5.91 Å². The Hall–Kier alpha value is -2.89. The van der Waals surface area contributed by atoms with Gasteiger partial charge in [-0.05, 0) is 35.2 Å². The molecular weight excluding hydrogens is 306 g/mol. The number of hydrogen-bond donors (Lipinski definition) is 2. The summed E-state index contributed by atoms with van der Waals surface area (Å²) in [5.74, 6) is 0.300. The van der Waals surface area contributed by atoms with Gasteiger partial charge < -0.3 is 4.74 Å². The molecule has 0 spiro atoms. The van der Waals surface area contributed by atoms with Crippen LogP contribution in [0.5, 0.6) is 5.75 Å². The molecule has 0 unspecified atom stereocenters. The predicted molar refractivity (Wildman–Crippen MR) is 90.3 cm³/mol. The number of hydrogen-bond acceptors (Lipinski definition) is 4. The monoisotopic (exact) mass is 327 g/mol. The van der Waals surface area contributed by atoms with Crippen LogP contribution in [0.4, 0.5) is 0 Å². The van der Waals surface area contributed by atoms with Crippen molar-refractivity contribution in [3.8, 4) is 5.75 Å².